The van der Waals surface area contributed by atoms with Gasteiger partial charge in [-0.15, -0.1) is 11.6 Å². The predicted molar refractivity (Wildman–Crippen MR) is 26.0 cm³/mol. The van der Waals surface area contributed by atoms with Crippen LogP contribution in [0.25, 0.3) is 0 Å². The molecule has 0 heterocycles. The summed E-state index contributed by atoms with van der Waals surface area (Å²) < 4.78 is 0. The summed E-state index contributed by atoms with van der Waals surface area (Å²) in [5.74, 6) is 0. The number of rotatable bonds is 3. The van der Waals surface area contributed by atoms with E-state index in [0.717, 1.165) is 0 Å². The van der Waals surface area contributed by atoms with Crippen molar-refractivity contribution in [1.29, 1.82) is 0 Å². The van der Waals surface area contributed by atoms with Crippen LogP contribution in [0.2, 0.25) is 0 Å². The molecule has 3 heteroatoms. The van der Waals surface area contributed by atoms with Crippen molar-refractivity contribution in [2.75, 3.05) is 0 Å². The second-order valence-electron chi connectivity index (χ2n) is 1.00. The summed E-state index contributed by atoms with van der Waals surface area (Å²) in [7, 11) is 0. The van der Waals surface area contributed by atoms with E-state index in [9.17, 15) is 9.59 Å². The van der Waals surface area contributed by atoms with Crippen LogP contribution in [0.4, 0.5) is 0 Å². The lowest BCUT2D eigenvalue weighted by Crippen LogP contribution is -1.98. The second-order valence-corrected chi connectivity index (χ2v) is 1.56. The molecule has 2 nitrogen and oxygen atoms in total. The second kappa shape index (κ2) is 3.81. The van der Waals surface area contributed by atoms with E-state index < -0.39 is 5.38 Å². The molecule has 0 aliphatic heterocycles. The van der Waals surface area contributed by atoms with E-state index in [1.807, 2.05) is 0 Å². The first-order valence-corrected chi connectivity index (χ1v) is 2.19. The minimum Gasteiger partial charge on any atom is -0.302 e. The van der Waals surface area contributed by atoms with Crippen LogP contribution in [0.15, 0.2) is 0 Å². The molecule has 0 saturated heterocycles. The van der Waals surface area contributed by atoms with Crippen LogP contribution in [0.3, 0.4) is 0 Å². The van der Waals surface area contributed by atoms with Crippen molar-refractivity contribution in [3.63, 3.8) is 0 Å². The summed E-state index contributed by atoms with van der Waals surface area (Å²) in [5.41, 5.74) is 0. The van der Waals surface area contributed by atoms with Crippen LogP contribution in [0, 0.1) is 0 Å². The average molecular weight is 120 g/mol. The Bertz CT molecular complexity index is 72.1. The summed E-state index contributed by atoms with van der Waals surface area (Å²) >= 11 is 5.13. The Balaban J connectivity index is 3.15. The monoisotopic (exact) mass is 119 g/mol. The molecule has 0 rings (SSSR count). The van der Waals surface area contributed by atoms with Gasteiger partial charge in [0.25, 0.3) is 0 Å². The van der Waals surface area contributed by atoms with Gasteiger partial charge in [0.2, 0.25) is 0 Å². The molecule has 0 aliphatic carbocycles. The zero-order valence-corrected chi connectivity index (χ0v) is 4.31. The summed E-state index contributed by atoms with van der Waals surface area (Å²) in [6.45, 7) is 0. The summed E-state index contributed by atoms with van der Waals surface area (Å²) in [5, 5.41) is -0.683. The Morgan fingerprint density at radius 3 is 2.57 bits per heavy atom. The van der Waals surface area contributed by atoms with Crippen LogP contribution in [-0.2, 0) is 9.59 Å². The maximum atomic E-state index is 9.58. The Morgan fingerprint density at radius 1 is 1.86 bits per heavy atom. The minimum atomic E-state index is -0.683. The van der Waals surface area contributed by atoms with Gasteiger partial charge in [0.1, 0.15) is 6.29 Å². The Labute approximate surface area is 46.5 Å². The van der Waals surface area contributed by atoms with Crippen molar-refractivity contribution in [2.45, 2.75) is 11.8 Å². The van der Waals surface area contributed by atoms with Crippen molar-refractivity contribution < 1.29 is 9.59 Å². The van der Waals surface area contributed by atoms with Gasteiger partial charge in [0, 0.05) is 6.42 Å². The van der Waals surface area contributed by atoms with Crippen molar-refractivity contribution >= 4 is 24.2 Å². The molecule has 0 spiro atoms. The molecule has 0 saturated carbocycles. The molecule has 1 atom stereocenters. The number of halogens is 1. The molecule has 0 aromatic rings. The lowest BCUT2D eigenvalue weighted by atomic mass is 10.4. The normalized spacial score (nSPS) is 12.7. The summed E-state index contributed by atoms with van der Waals surface area (Å²) in [6, 6.07) is 0. The summed E-state index contributed by atoms with van der Waals surface area (Å²) in [6.07, 6.45) is 2.00. The zero-order chi connectivity index (χ0) is 5.70. The molecule has 0 N–H and O–H groups in total. The third-order valence-electron chi connectivity index (χ3n) is 0.426. The number of hydrogen-bond acceptors (Lipinski definition) is 2. The largest absolute Gasteiger partial charge is 0.302 e. The summed E-state index contributed by atoms with van der Waals surface area (Å²) in [4.78, 5) is 19.0. The van der Waals surface area contributed by atoms with Crippen molar-refractivity contribution in [1.82, 2.24) is 0 Å². The lowest BCUT2D eigenvalue weighted by Gasteiger charge is -1.85. The van der Waals surface area contributed by atoms with Gasteiger partial charge in [-0.1, -0.05) is 0 Å². The van der Waals surface area contributed by atoms with Gasteiger partial charge in [-0.05, 0) is 0 Å². The fraction of sp³-hybridized carbons (Fsp3) is 0.500. The number of carbonyl (C=O) groups excluding carboxylic acids is 2. The van der Waals surface area contributed by atoms with Gasteiger partial charge >= 0.3 is 0 Å². The van der Waals surface area contributed by atoms with Crippen LogP contribution < -0.4 is 0 Å². The van der Waals surface area contributed by atoms with E-state index in [1.54, 1.807) is 0 Å². The standard InChI is InChI=1S/C4H4ClO2/c5-4(3-7)1-2-6/h3-4H,1H2. The molecule has 1 radical (unpaired) electrons. The van der Waals surface area contributed by atoms with Crippen LogP contribution in [0.1, 0.15) is 6.42 Å². The first-order valence-electron chi connectivity index (χ1n) is 1.75. The van der Waals surface area contributed by atoms with E-state index in [1.165, 1.54) is 6.29 Å². The lowest BCUT2D eigenvalue weighted by molar-refractivity contribution is -0.107. The van der Waals surface area contributed by atoms with Crippen LogP contribution in [0.5, 0.6) is 0 Å². The fourth-order valence-corrected chi connectivity index (χ4v) is 0.191. The highest BCUT2D eigenvalue weighted by atomic mass is 35.5. The third-order valence-corrected chi connectivity index (χ3v) is 0.683. The van der Waals surface area contributed by atoms with Gasteiger partial charge in [-0.25, -0.2) is 0 Å². The SMILES string of the molecule is O=[C]CC(Cl)C=O. The Morgan fingerprint density at radius 2 is 2.43 bits per heavy atom. The smallest absolute Gasteiger partial charge is 0.200 e. The quantitative estimate of drug-likeness (QED) is 0.395. The molecule has 0 amide bonds. The molecule has 7 heavy (non-hydrogen) atoms. The topological polar surface area (TPSA) is 34.1 Å². The molecule has 0 aliphatic rings. The van der Waals surface area contributed by atoms with Gasteiger partial charge in [-0.3, -0.25) is 4.79 Å². The van der Waals surface area contributed by atoms with E-state index in [0.29, 0.717) is 6.29 Å². The maximum absolute atomic E-state index is 9.58. The van der Waals surface area contributed by atoms with E-state index >= 15 is 0 Å². The van der Waals surface area contributed by atoms with Crippen molar-refractivity contribution in [3.05, 3.63) is 0 Å². The highest BCUT2D eigenvalue weighted by Gasteiger charge is 1.97. The number of aldehydes is 1. The molecule has 1 unspecified atom stereocenters. The van der Waals surface area contributed by atoms with Gasteiger partial charge in [0.15, 0.2) is 6.29 Å². The van der Waals surface area contributed by atoms with Gasteiger partial charge in [-0.2, -0.15) is 0 Å². The van der Waals surface area contributed by atoms with Crippen molar-refractivity contribution in [3.8, 4) is 0 Å². The molecule has 0 fully saturated rings. The minimum absolute atomic E-state index is 0.00887. The van der Waals surface area contributed by atoms with E-state index in [-0.39, 0.29) is 6.42 Å². The fourth-order valence-electron chi connectivity index (χ4n) is 0.128. The van der Waals surface area contributed by atoms with Gasteiger partial charge in [0.05, 0.1) is 5.38 Å². The highest BCUT2D eigenvalue weighted by molar-refractivity contribution is 6.28. The molecule has 0 aromatic carbocycles. The first-order chi connectivity index (χ1) is 3.31. The number of hydrogen-bond donors (Lipinski definition) is 0. The van der Waals surface area contributed by atoms with E-state index in [4.69, 9.17) is 11.6 Å². The van der Waals surface area contributed by atoms with Gasteiger partial charge < -0.3 is 4.79 Å². The number of carbonyl (C=O) groups is 1. The van der Waals surface area contributed by atoms with E-state index in [2.05, 4.69) is 0 Å². The predicted octanol–water partition coefficient (Wildman–Crippen LogP) is 0.292. The van der Waals surface area contributed by atoms with Crippen LogP contribution >= 0.6 is 11.6 Å². The van der Waals surface area contributed by atoms with Crippen molar-refractivity contribution in [2.24, 2.45) is 0 Å². The molecule has 0 bridgehead atoms. The maximum Gasteiger partial charge on any atom is 0.200 e. The number of alkyl halides is 1. The van der Waals surface area contributed by atoms with Crippen LogP contribution in [-0.4, -0.2) is 17.9 Å². The molecule has 39 valence electrons. The molecule has 0 aromatic heterocycles. The molecular weight excluding hydrogens is 115 g/mol. The Hall–Kier alpha value is -0.370. The zero-order valence-electron chi connectivity index (χ0n) is 3.56. The highest BCUT2D eigenvalue weighted by Crippen LogP contribution is 1.92. The molecular formula is C4H4ClO2. The average Bonchev–Trinajstić information content (AvgIpc) is 1.68. The third kappa shape index (κ3) is 3.46. The Kier molecular flexibility index (Phi) is 3.61. The first kappa shape index (κ1) is 6.63.